The van der Waals surface area contributed by atoms with Crippen LogP contribution >= 0.6 is 0 Å². The van der Waals surface area contributed by atoms with E-state index in [0.717, 1.165) is 5.92 Å². The summed E-state index contributed by atoms with van der Waals surface area (Å²) < 4.78 is 0. The van der Waals surface area contributed by atoms with Gasteiger partial charge in [0.2, 0.25) is 0 Å². The molecule has 2 aliphatic carbocycles. The smallest absolute Gasteiger partial charge is 0.0720 e. The molecule has 19 heavy (non-hydrogen) atoms. The lowest BCUT2D eigenvalue weighted by atomic mass is 9.70. The summed E-state index contributed by atoms with van der Waals surface area (Å²) in [7, 11) is 0. The van der Waals surface area contributed by atoms with Gasteiger partial charge in [0.05, 0.1) is 6.04 Å². The Morgan fingerprint density at radius 2 is 1.84 bits per heavy atom. The highest BCUT2D eigenvalue weighted by molar-refractivity contribution is 5.98. The molecule has 2 saturated carbocycles. The SMILES string of the molecule is C[C@H](N=C1C(C)(C)[C@H]2CC[C@@]1(C)C2)c1ccccc1. The minimum atomic E-state index is 0.284. The zero-order valence-corrected chi connectivity index (χ0v) is 12.6. The van der Waals surface area contributed by atoms with Crippen molar-refractivity contribution in [2.75, 3.05) is 0 Å². The Balaban J connectivity index is 1.95. The fourth-order valence-electron chi connectivity index (χ4n) is 4.36. The summed E-state index contributed by atoms with van der Waals surface area (Å²) in [4.78, 5) is 5.17. The second-order valence-corrected chi connectivity index (χ2v) is 7.29. The van der Waals surface area contributed by atoms with Gasteiger partial charge in [0.25, 0.3) is 0 Å². The highest BCUT2D eigenvalue weighted by atomic mass is 14.9. The van der Waals surface area contributed by atoms with Crippen LogP contribution in [0.15, 0.2) is 35.3 Å². The summed E-state index contributed by atoms with van der Waals surface area (Å²) in [5.41, 5.74) is 3.48. The monoisotopic (exact) mass is 255 g/mol. The topological polar surface area (TPSA) is 12.4 Å². The van der Waals surface area contributed by atoms with E-state index in [0.29, 0.717) is 10.8 Å². The molecule has 1 aromatic rings. The van der Waals surface area contributed by atoms with Crippen molar-refractivity contribution in [3.63, 3.8) is 0 Å². The Bertz CT molecular complexity index is 493. The van der Waals surface area contributed by atoms with Crippen molar-refractivity contribution in [1.82, 2.24) is 0 Å². The third-order valence-corrected chi connectivity index (χ3v) is 5.55. The second-order valence-electron chi connectivity index (χ2n) is 7.29. The lowest BCUT2D eigenvalue weighted by Crippen LogP contribution is -2.36. The van der Waals surface area contributed by atoms with Crippen LogP contribution in [0.25, 0.3) is 0 Å². The van der Waals surface area contributed by atoms with Gasteiger partial charge < -0.3 is 0 Å². The van der Waals surface area contributed by atoms with E-state index in [1.54, 1.807) is 0 Å². The average molecular weight is 255 g/mol. The molecular formula is C18H25N. The minimum absolute atomic E-state index is 0.284. The first kappa shape index (κ1) is 12.9. The molecular weight excluding hydrogens is 230 g/mol. The second kappa shape index (κ2) is 4.19. The maximum Gasteiger partial charge on any atom is 0.0720 e. The van der Waals surface area contributed by atoms with Crippen molar-refractivity contribution in [2.45, 2.75) is 53.0 Å². The quantitative estimate of drug-likeness (QED) is 0.702. The Labute approximate surface area is 117 Å². The first-order valence-electron chi connectivity index (χ1n) is 7.57. The molecule has 2 fully saturated rings. The van der Waals surface area contributed by atoms with Crippen LogP contribution in [0.3, 0.4) is 0 Å². The molecule has 0 aromatic heterocycles. The summed E-state index contributed by atoms with van der Waals surface area (Å²) in [5.74, 6) is 0.847. The standard InChI is InChI=1S/C18H25N/c1-13(14-8-6-5-7-9-14)19-16-17(2,3)15-10-11-18(16,4)12-15/h5-9,13,15H,10-12H2,1-4H3/t13-,15-,18-/m0/s1. The van der Waals surface area contributed by atoms with E-state index in [2.05, 4.69) is 58.0 Å². The highest BCUT2D eigenvalue weighted by Gasteiger charge is 2.57. The van der Waals surface area contributed by atoms with E-state index in [-0.39, 0.29) is 6.04 Å². The minimum Gasteiger partial charge on any atom is -0.285 e. The lowest BCUT2D eigenvalue weighted by Gasteiger charge is -2.36. The molecule has 2 aliphatic rings. The molecule has 102 valence electrons. The van der Waals surface area contributed by atoms with Gasteiger partial charge >= 0.3 is 0 Å². The van der Waals surface area contributed by atoms with Gasteiger partial charge in [0, 0.05) is 16.5 Å². The van der Waals surface area contributed by atoms with Crippen molar-refractivity contribution < 1.29 is 0 Å². The van der Waals surface area contributed by atoms with Crippen LogP contribution in [0, 0.1) is 16.7 Å². The Morgan fingerprint density at radius 3 is 2.42 bits per heavy atom. The normalized spacial score (nSPS) is 35.8. The predicted molar refractivity (Wildman–Crippen MR) is 81.5 cm³/mol. The summed E-state index contributed by atoms with van der Waals surface area (Å²) in [6, 6.07) is 11.0. The molecule has 1 heteroatoms. The molecule has 0 amide bonds. The van der Waals surface area contributed by atoms with Gasteiger partial charge in [0.15, 0.2) is 0 Å². The van der Waals surface area contributed by atoms with Crippen molar-refractivity contribution in [3.05, 3.63) is 35.9 Å². The van der Waals surface area contributed by atoms with Gasteiger partial charge in [0.1, 0.15) is 0 Å². The molecule has 3 rings (SSSR count). The average Bonchev–Trinajstić information content (AvgIpc) is 2.87. The number of rotatable bonds is 2. The summed E-state index contributed by atoms with van der Waals surface area (Å²) in [5, 5.41) is 0. The van der Waals surface area contributed by atoms with Crippen LogP contribution in [0.4, 0.5) is 0 Å². The van der Waals surface area contributed by atoms with Crippen molar-refractivity contribution in [1.29, 1.82) is 0 Å². The van der Waals surface area contributed by atoms with Gasteiger partial charge in [-0.15, -0.1) is 0 Å². The van der Waals surface area contributed by atoms with Crippen LogP contribution in [0.5, 0.6) is 0 Å². The van der Waals surface area contributed by atoms with E-state index in [1.165, 1.54) is 30.5 Å². The fraction of sp³-hybridized carbons (Fsp3) is 0.611. The molecule has 2 bridgehead atoms. The molecule has 3 atom stereocenters. The number of benzene rings is 1. The molecule has 0 aliphatic heterocycles. The van der Waals surface area contributed by atoms with E-state index in [4.69, 9.17) is 4.99 Å². The maximum atomic E-state index is 5.17. The zero-order chi connectivity index (χ0) is 13.7. The van der Waals surface area contributed by atoms with Gasteiger partial charge in [-0.1, -0.05) is 51.1 Å². The third-order valence-electron chi connectivity index (χ3n) is 5.55. The Kier molecular flexibility index (Phi) is 2.85. The van der Waals surface area contributed by atoms with E-state index < -0.39 is 0 Å². The number of nitrogens with zero attached hydrogens (tertiary/aromatic N) is 1. The maximum absolute atomic E-state index is 5.17. The molecule has 0 radical (unpaired) electrons. The van der Waals surface area contributed by atoms with E-state index in [9.17, 15) is 0 Å². The molecule has 0 heterocycles. The zero-order valence-electron chi connectivity index (χ0n) is 12.6. The molecule has 1 nitrogen and oxygen atoms in total. The number of fused-ring (bicyclic) bond motifs is 2. The van der Waals surface area contributed by atoms with Crippen molar-refractivity contribution in [3.8, 4) is 0 Å². The molecule has 0 N–H and O–H groups in total. The molecule has 1 aromatic carbocycles. The Morgan fingerprint density at radius 1 is 1.16 bits per heavy atom. The summed E-state index contributed by atoms with van der Waals surface area (Å²) in [6.45, 7) is 9.46. The van der Waals surface area contributed by atoms with Gasteiger partial charge in [-0.25, -0.2) is 0 Å². The third kappa shape index (κ3) is 1.94. The van der Waals surface area contributed by atoms with Gasteiger partial charge in [-0.05, 0) is 37.7 Å². The number of hydrogen-bond donors (Lipinski definition) is 0. The van der Waals surface area contributed by atoms with E-state index in [1.807, 2.05) is 0 Å². The van der Waals surface area contributed by atoms with Gasteiger partial charge in [-0.3, -0.25) is 4.99 Å². The number of aliphatic imine (C=N–C) groups is 1. The van der Waals surface area contributed by atoms with Crippen LogP contribution in [0.2, 0.25) is 0 Å². The Hall–Kier alpha value is -1.11. The van der Waals surface area contributed by atoms with Crippen LogP contribution in [0.1, 0.15) is 58.6 Å². The van der Waals surface area contributed by atoms with E-state index >= 15 is 0 Å². The first-order chi connectivity index (χ1) is 8.93. The first-order valence-corrected chi connectivity index (χ1v) is 7.57. The van der Waals surface area contributed by atoms with Crippen molar-refractivity contribution in [2.24, 2.45) is 21.7 Å². The molecule has 0 unspecified atom stereocenters. The van der Waals surface area contributed by atoms with Gasteiger partial charge in [-0.2, -0.15) is 0 Å². The summed E-state index contributed by atoms with van der Waals surface area (Å²) >= 11 is 0. The van der Waals surface area contributed by atoms with Crippen LogP contribution in [-0.4, -0.2) is 5.71 Å². The largest absolute Gasteiger partial charge is 0.285 e. The van der Waals surface area contributed by atoms with Crippen molar-refractivity contribution >= 4 is 5.71 Å². The lowest BCUT2D eigenvalue weighted by molar-refractivity contribution is 0.331. The predicted octanol–water partition coefficient (Wildman–Crippen LogP) is 5.03. The van der Waals surface area contributed by atoms with Crippen LogP contribution in [-0.2, 0) is 0 Å². The molecule has 0 saturated heterocycles. The summed E-state index contributed by atoms with van der Waals surface area (Å²) in [6.07, 6.45) is 4.07. The van der Waals surface area contributed by atoms with Crippen LogP contribution < -0.4 is 0 Å². The fourth-order valence-corrected chi connectivity index (χ4v) is 4.36. The molecule has 0 spiro atoms. The highest BCUT2D eigenvalue weighted by Crippen LogP contribution is 2.60. The number of hydrogen-bond acceptors (Lipinski definition) is 1.